The van der Waals surface area contributed by atoms with E-state index in [9.17, 15) is 5.11 Å². The summed E-state index contributed by atoms with van der Waals surface area (Å²) in [6, 6.07) is 14.1. The molecule has 2 nitrogen and oxygen atoms in total. The van der Waals surface area contributed by atoms with Crippen LogP contribution in [0.2, 0.25) is 0 Å². The Kier molecular flexibility index (Phi) is 4.53. The number of nitrogens with zero attached hydrogens (tertiary/aromatic N) is 1. The number of hydrogen-bond donors (Lipinski definition) is 1. The van der Waals surface area contributed by atoms with Gasteiger partial charge < -0.3 is 5.11 Å². The van der Waals surface area contributed by atoms with Gasteiger partial charge in [0.2, 0.25) is 0 Å². The van der Waals surface area contributed by atoms with E-state index >= 15 is 0 Å². The van der Waals surface area contributed by atoms with Crippen LogP contribution in [0.25, 0.3) is 0 Å². The van der Waals surface area contributed by atoms with Crippen LogP contribution in [0.4, 0.5) is 0 Å². The number of benzene rings is 1. The Morgan fingerprint density at radius 3 is 2.50 bits per heavy atom. The van der Waals surface area contributed by atoms with Crippen LogP contribution in [0.3, 0.4) is 0 Å². The summed E-state index contributed by atoms with van der Waals surface area (Å²) in [5, 5.41) is 12.4. The quantitative estimate of drug-likeness (QED) is 0.892. The Bertz CT molecular complexity index is 455. The second-order valence-electron chi connectivity index (χ2n) is 4.59. The molecule has 0 aliphatic rings. The zero-order valence-corrected chi connectivity index (χ0v) is 11.6. The molecule has 0 aliphatic heterocycles. The molecule has 0 spiro atoms. The van der Waals surface area contributed by atoms with Crippen LogP contribution >= 0.6 is 11.3 Å². The summed E-state index contributed by atoms with van der Waals surface area (Å²) in [5.74, 6) is 0. The molecule has 0 saturated carbocycles. The molecule has 1 heterocycles. The predicted octanol–water partition coefficient (Wildman–Crippen LogP) is 3.30. The van der Waals surface area contributed by atoms with Gasteiger partial charge >= 0.3 is 0 Å². The Balaban J connectivity index is 2.00. The van der Waals surface area contributed by atoms with E-state index in [0.717, 1.165) is 12.1 Å². The number of rotatable bonds is 5. The van der Waals surface area contributed by atoms with Crippen molar-refractivity contribution in [3.05, 3.63) is 58.3 Å². The van der Waals surface area contributed by atoms with Crippen LogP contribution in [0.1, 0.15) is 23.5 Å². The Morgan fingerprint density at radius 1 is 1.17 bits per heavy atom. The molecular weight excluding hydrogens is 242 g/mol. The van der Waals surface area contributed by atoms with Gasteiger partial charge in [-0.3, -0.25) is 4.90 Å². The van der Waals surface area contributed by atoms with E-state index in [1.165, 1.54) is 4.88 Å². The topological polar surface area (TPSA) is 23.5 Å². The first kappa shape index (κ1) is 13.3. The van der Waals surface area contributed by atoms with Gasteiger partial charge in [0, 0.05) is 17.5 Å². The Labute approximate surface area is 113 Å². The molecule has 2 atom stereocenters. The van der Waals surface area contributed by atoms with Gasteiger partial charge in [0.15, 0.2) is 0 Å². The summed E-state index contributed by atoms with van der Waals surface area (Å²) < 4.78 is 0. The number of aliphatic hydroxyl groups excluding tert-OH is 1. The summed E-state index contributed by atoms with van der Waals surface area (Å²) in [6.45, 7) is 2.94. The van der Waals surface area contributed by atoms with Gasteiger partial charge in [0.25, 0.3) is 0 Å². The third kappa shape index (κ3) is 3.19. The van der Waals surface area contributed by atoms with Gasteiger partial charge in [0.05, 0.1) is 6.10 Å². The lowest BCUT2D eigenvalue weighted by Gasteiger charge is -2.28. The maximum absolute atomic E-state index is 10.3. The van der Waals surface area contributed by atoms with Crippen molar-refractivity contribution in [1.82, 2.24) is 4.90 Å². The van der Waals surface area contributed by atoms with E-state index in [2.05, 4.69) is 36.4 Å². The molecule has 96 valence electrons. The van der Waals surface area contributed by atoms with Gasteiger partial charge in [-0.1, -0.05) is 36.4 Å². The first-order valence-electron chi connectivity index (χ1n) is 6.14. The van der Waals surface area contributed by atoms with Crippen LogP contribution in [0.15, 0.2) is 47.8 Å². The normalized spacial score (nSPS) is 14.7. The highest BCUT2D eigenvalue weighted by Gasteiger charge is 2.20. The first-order valence-corrected chi connectivity index (χ1v) is 7.02. The Hall–Kier alpha value is -1.16. The van der Waals surface area contributed by atoms with Crippen molar-refractivity contribution < 1.29 is 5.11 Å². The van der Waals surface area contributed by atoms with Crippen LogP contribution in [-0.4, -0.2) is 23.1 Å². The van der Waals surface area contributed by atoms with E-state index in [0.29, 0.717) is 0 Å². The fourth-order valence-electron chi connectivity index (χ4n) is 1.96. The van der Waals surface area contributed by atoms with E-state index in [1.807, 2.05) is 30.3 Å². The maximum Gasteiger partial charge on any atom is 0.0942 e. The standard InChI is InChI=1S/C15H19NOS/c1-12(15(17)13-7-4-3-5-8-13)16(2)11-14-9-6-10-18-14/h3-10,12,15,17H,11H2,1-2H3. The number of likely N-dealkylation sites (N-methyl/N-ethyl adjacent to an activating group) is 1. The van der Waals surface area contributed by atoms with Crippen molar-refractivity contribution in [2.45, 2.75) is 25.6 Å². The maximum atomic E-state index is 10.3. The van der Waals surface area contributed by atoms with E-state index < -0.39 is 6.10 Å². The van der Waals surface area contributed by atoms with Crippen molar-refractivity contribution in [2.24, 2.45) is 0 Å². The van der Waals surface area contributed by atoms with Gasteiger partial charge in [-0.25, -0.2) is 0 Å². The summed E-state index contributed by atoms with van der Waals surface area (Å²) in [6.07, 6.45) is -0.448. The SMILES string of the molecule is CC(C(O)c1ccccc1)N(C)Cc1cccs1. The summed E-state index contributed by atoms with van der Waals surface area (Å²) in [7, 11) is 2.05. The van der Waals surface area contributed by atoms with Gasteiger partial charge in [-0.15, -0.1) is 11.3 Å². The minimum absolute atomic E-state index is 0.0921. The molecule has 3 heteroatoms. The molecule has 2 aromatic rings. The molecule has 0 bridgehead atoms. The zero-order valence-electron chi connectivity index (χ0n) is 10.8. The highest BCUT2D eigenvalue weighted by atomic mass is 32.1. The zero-order chi connectivity index (χ0) is 13.0. The highest BCUT2D eigenvalue weighted by Crippen LogP contribution is 2.22. The van der Waals surface area contributed by atoms with Crippen molar-refractivity contribution in [3.63, 3.8) is 0 Å². The predicted molar refractivity (Wildman–Crippen MR) is 76.6 cm³/mol. The second kappa shape index (κ2) is 6.14. The fourth-order valence-corrected chi connectivity index (χ4v) is 2.73. The first-order chi connectivity index (χ1) is 8.68. The molecule has 0 saturated heterocycles. The molecule has 2 unspecified atom stereocenters. The van der Waals surface area contributed by atoms with Crippen molar-refractivity contribution in [2.75, 3.05) is 7.05 Å². The van der Waals surface area contributed by atoms with Gasteiger partial charge in [-0.2, -0.15) is 0 Å². The van der Waals surface area contributed by atoms with E-state index in [-0.39, 0.29) is 6.04 Å². The summed E-state index contributed by atoms with van der Waals surface area (Å²) >= 11 is 1.75. The molecule has 0 amide bonds. The smallest absolute Gasteiger partial charge is 0.0942 e. The molecule has 2 rings (SSSR count). The number of hydrogen-bond acceptors (Lipinski definition) is 3. The van der Waals surface area contributed by atoms with Crippen LogP contribution < -0.4 is 0 Å². The molecule has 1 aromatic carbocycles. The average molecular weight is 261 g/mol. The number of thiophene rings is 1. The van der Waals surface area contributed by atoms with Crippen molar-refractivity contribution >= 4 is 11.3 Å². The fraction of sp³-hybridized carbons (Fsp3) is 0.333. The number of aliphatic hydroxyl groups is 1. The van der Waals surface area contributed by atoms with E-state index in [1.54, 1.807) is 11.3 Å². The molecule has 0 radical (unpaired) electrons. The average Bonchev–Trinajstić information content (AvgIpc) is 2.91. The largest absolute Gasteiger partial charge is 0.387 e. The third-order valence-electron chi connectivity index (χ3n) is 3.28. The minimum atomic E-state index is -0.448. The minimum Gasteiger partial charge on any atom is -0.387 e. The second-order valence-corrected chi connectivity index (χ2v) is 5.62. The highest BCUT2D eigenvalue weighted by molar-refractivity contribution is 7.09. The van der Waals surface area contributed by atoms with Crippen molar-refractivity contribution in [3.8, 4) is 0 Å². The molecule has 0 fully saturated rings. The summed E-state index contributed by atoms with van der Waals surface area (Å²) in [5.41, 5.74) is 0.975. The lowest BCUT2D eigenvalue weighted by Crippen LogP contribution is -2.33. The molecule has 18 heavy (non-hydrogen) atoms. The van der Waals surface area contributed by atoms with Gasteiger partial charge in [0.1, 0.15) is 0 Å². The molecular formula is C15H19NOS. The lowest BCUT2D eigenvalue weighted by molar-refractivity contribution is 0.0693. The van der Waals surface area contributed by atoms with Crippen molar-refractivity contribution in [1.29, 1.82) is 0 Å². The van der Waals surface area contributed by atoms with Gasteiger partial charge in [-0.05, 0) is 31.0 Å². The van der Waals surface area contributed by atoms with E-state index in [4.69, 9.17) is 0 Å². The molecule has 1 aromatic heterocycles. The Morgan fingerprint density at radius 2 is 1.89 bits per heavy atom. The summed E-state index contributed by atoms with van der Waals surface area (Å²) in [4.78, 5) is 3.51. The monoisotopic (exact) mass is 261 g/mol. The van der Waals surface area contributed by atoms with Crippen LogP contribution in [-0.2, 0) is 6.54 Å². The molecule has 1 N–H and O–H groups in total. The lowest BCUT2D eigenvalue weighted by atomic mass is 10.0. The third-order valence-corrected chi connectivity index (χ3v) is 4.14. The molecule has 0 aliphatic carbocycles. The van der Waals surface area contributed by atoms with Crippen LogP contribution in [0.5, 0.6) is 0 Å². The van der Waals surface area contributed by atoms with Crippen LogP contribution in [0, 0.1) is 0 Å².